The molecule has 1 aromatic rings. The number of hydrogen-bond donors (Lipinski definition) is 1. The molecule has 0 aliphatic rings. The second kappa shape index (κ2) is 4.26. The third-order valence-electron chi connectivity index (χ3n) is 2.12. The second-order valence-electron chi connectivity index (χ2n) is 4.51. The zero-order valence-corrected chi connectivity index (χ0v) is 10.3. The van der Waals surface area contributed by atoms with Gasteiger partial charge in [0.25, 0.3) is 0 Å². The predicted molar refractivity (Wildman–Crippen MR) is 59.3 cm³/mol. The highest BCUT2D eigenvalue weighted by Crippen LogP contribution is 2.26. The van der Waals surface area contributed by atoms with Crippen molar-refractivity contribution in [3.8, 4) is 0 Å². The number of carboxylic acid groups (broad SMARTS) is 1. The summed E-state index contributed by atoms with van der Waals surface area (Å²) < 4.78 is 4.21. The normalized spacial score (nSPS) is 13.9. The molecule has 1 heterocycles. The van der Waals surface area contributed by atoms with Gasteiger partial charge in [0.1, 0.15) is 16.7 Å². The number of nitrogens with zero attached hydrogens (tertiary/aromatic N) is 2. The molecule has 5 heteroatoms. The zero-order valence-electron chi connectivity index (χ0n) is 9.44. The van der Waals surface area contributed by atoms with Gasteiger partial charge in [-0.1, -0.05) is 27.7 Å². The Hall–Kier alpha value is -0.970. The lowest BCUT2D eigenvalue weighted by atomic mass is 9.96. The minimum Gasteiger partial charge on any atom is -0.481 e. The minimum atomic E-state index is -0.825. The van der Waals surface area contributed by atoms with Crippen LogP contribution in [0.2, 0.25) is 0 Å². The molecule has 0 fully saturated rings. The summed E-state index contributed by atoms with van der Waals surface area (Å²) >= 11 is 1.20. The Morgan fingerprint density at radius 3 is 2.47 bits per heavy atom. The van der Waals surface area contributed by atoms with Gasteiger partial charge in [0.15, 0.2) is 0 Å². The molecule has 0 aromatic carbocycles. The van der Waals surface area contributed by atoms with E-state index in [0.717, 1.165) is 5.82 Å². The molecule has 1 atom stereocenters. The van der Waals surface area contributed by atoms with Gasteiger partial charge in [0.05, 0.1) is 0 Å². The Balaban J connectivity index is 2.97. The summed E-state index contributed by atoms with van der Waals surface area (Å²) in [4.78, 5) is 15.2. The monoisotopic (exact) mass is 228 g/mol. The van der Waals surface area contributed by atoms with Crippen molar-refractivity contribution < 1.29 is 9.90 Å². The Morgan fingerprint density at radius 2 is 2.13 bits per heavy atom. The molecule has 4 nitrogen and oxygen atoms in total. The molecule has 1 unspecified atom stereocenters. The SMILES string of the molecule is CCC(C(=O)O)c1nc(C(C)(C)C)ns1. The molecule has 1 N–H and O–H groups in total. The van der Waals surface area contributed by atoms with Gasteiger partial charge in [0, 0.05) is 5.41 Å². The van der Waals surface area contributed by atoms with Gasteiger partial charge >= 0.3 is 5.97 Å². The first-order valence-electron chi connectivity index (χ1n) is 4.93. The predicted octanol–water partition coefficient (Wildman–Crippen LogP) is 2.41. The summed E-state index contributed by atoms with van der Waals surface area (Å²) in [7, 11) is 0. The zero-order chi connectivity index (χ0) is 11.6. The number of carbonyl (C=O) groups is 1. The maximum Gasteiger partial charge on any atom is 0.313 e. The van der Waals surface area contributed by atoms with E-state index in [0.29, 0.717) is 11.4 Å². The van der Waals surface area contributed by atoms with E-state index < -0.39 is 11.9 Å². The molecule has 0 aliphatic carbocycles. The average molecular weight is 228 g/mol. The van der Waals surface area contributed by atoms with Crippen molar-refractivity contribution in [3.63, 3.8) is 0 Å². The van der Waals surface area contributed by atoms with E-state index in [1.54, 1.807) is 0 Å². The third-order valence-corrected chi connectivity index (χ3v) is 2.94. The van der Waals surface area contributed by atoms with Crippen molar-refractivity contribution >= 4 is 17.5 Å². The van der Waals surface area contributed by atoms with E-state index in [1.807, 2.05) is 27.7 Å². The van der Waals surface area contributed by atoms with Crippen molar-refractivity contribution in [2.75, 3.05) is 0 Å². The smallest absolute Gasteiger partial charge is 0.313 e. The van der Waals surface area contributed by atoms with Crippen molar-refractivity contribution in [1.29, 1.82) is 0 Å². The van der Waals surface area contributed by atoms with E-state index in [4.69, 9.17) is 5.11 Å². The molecule has 15 heavy (non-hydrogen) atoms. The van der Waals surface area contributed by atoms with Crippen LogP contribution in [0.25, 0.3) is 0 Å². The van der Waals surface area contributed by atoms with Gasteiger partial charge in [0.2, 0.25) is 0 Å². The lowest BCUT2D eigenvalue weighted by Gasteiger charge is -2.12. The molecule has 0 radical (unpaired) electrons. The van der Waals surface area contributed by atoms with Crippen molar-refractivity contribution in [2.45, 2.75) is 45.4 Å². The first-order valence-corrected chi connectivity index (χ1v) is 5.70. The summed E-state index contributed by atoms with van der Waals surface area (Å²) in [5.74, 6) is -0.616. The fraction of sp³-hybridized carbons (Fsp3) is 0.700. The average Bonchev–Trinajstić information content (AvgIpc) is 2.52. The molecular formula is C10H16N2O2S. The summed E-state index contributed by atoms with van der Waals surface area (Å²) in [5, 5.41) is 9.58. The van der Waals surface area contributed by atoms with Crippen molar-refractivity contribution in [3.05, 3.63) is 10.8 Å². The van der Waals surface area contributed by atoms with Crippen LogP contribution in [0.5, 0.6) is 0 Å². The molecule has 0 saturated heterocycles. The third kappa shape index (κ3) is 2.75. The maximum absolute atomic E-state index is 10.9. The molecule has 1 aromatic heterocycles. The fourth-order valence-corrected chi connectivity index (χ4v) is 2.15. The van der Waals surface area contributed by atoms with Crippen LogP contribution in [-0.4, -0.2) is 20.4 Å². The number of rotatable bonds is 3. The van der Waals surface area contributed by atoms with Gasteiger partial charge in [-0.15, -0.1) is 0 Å². The van der Waals surface area contributed by atoms with Crippen molar-refractivity contribution in [2.24, 2.45) is 0 Å². The standard InChI is InChI=1S/C10H16N2O2S/c1-5-6(8(13)14)7-11-9(12-15-7)10(2,3)4/h6H,5H2,1-4H3,(H,13,14). The maximum atomic E-state index is 10.9. The quantitative estimate of drug-likeness (QED) is 0.863. The highest BCUT2D eigenvalue weighted by atomic mass is 32.1. The number of carboxylic acids is 1. The highest BCUT2D eigenvalue weighted by molar-refractivity contribution is 7.05. The number of hydrogen-bond acceptors (Lipinski definition) is 4. The van der Waals surface area contributed by atoms with E-state index in [-0.39, 0.29) is 5.41 Å². The van der Waals surface area contributed by atoms with E-state index in [1.165, 1.54) is 11.5 Å². The largest absolute Gasteiger partial charge is 0.481 e. The van der Waals surface area contributed by atoms with Crippen LogP contribution in [0, 0.1) is 0 Å². The topological polar surface area (TPSA) is 63.1 Å². The minimum absolute atomic E-state index is 0.119. The number of aromatic nitrogens is 2. The van der Waals surface area contributed by atoms with Crippen LogP contribution in [0.4, 0.5) is 0 Å². The van der Waals surface area contributed by atoms with E-state index in [9.17, 15) is 4.79 Å². The van der Waals surface area contributed by atoms with Crippen LogP contribution in [-0.2, 0) is 10.2 Å². The highest BCUT2D eigenvalue weighted by Gasteiger charge is 2.25. The molecular weight excluding hydrogens is 212 g/mol. The van der Waals surface area contributed by atoms with Crippen LogP contribution >= 0.6 is 11.5 Å². The molecule has 84 valence electrons. The molecule has 0 aliphatic heterocycles. The first-order chi connectivity index (χ1) is 6.86. The van der Waals surface area contributed by atoms with Gasteiger partial charge in [-0.3, -0.25) is 4.79 Å². The van der Waals surface area contributed by atoms with E-state index >= 15 is 0 Å². The first kappa shape index (κ1) is 12.1. The summed E-state index contributed by atoms with van der Waals surface area (Å²) in [6.07, 6.45) is 0.550. The van der Waals surface area contributed by atoms with Gasteiger partial charge < -0.3 is 5.11 Å². The molecule has 0 bridgehead atoms. The van der Waals surface area contributed by atoms with Crippen LogP contribution in [0.3, 0.4) is 0 Å². The summed E-state index contributed by atoms with van der Waals surface area (Å²) in [6, 6.07) is 0. The van der Waals surface area contributed by atoms with E-state index in [2.05, 4.69) is 9.36 Å². The Morgan fingerprint density at radius 1 is 1.53 bits per heavy atom. The molecule has 0 amide bonds. The van der Waals surface area contributed by atoms with Gasteiger partial charge in [-0.2, -0.15) is 4.37 Å². The Labute approximate surface area is 93.5 Å². The van der Waals surface area contributed by atoms with Crippen LogP contribution < -0.4 is 0 Å². The lowest BCUT2D eigenvalue weighted by Crippen LogP contribution is -2.15. The van der Waals surface area contributed by atoms with Crippen molar-refractivity contribution in [1.82, 2.24) is 9.36 Å². The fourth-order valence-electron chi connectivity index (χ4n) is 1.14. The van der Waals surface area contributed by atoms with Crippen LogP contribution in [0.15, 0.2) is 0 Å². The Kier molecular flexibility index (Phi) is 3.44. The summed E-state index contributed by atoms with van der Waals surface area (Å²) in [6.45, 7) is 7.89. The second-order valence-corrected chi connectivity index (χ2v) is 5.29. The molecule has 0 spiro atoms. The van der Waals surface area contributed by atoms with Crippen LogP contribution in [0.1, 0.15) is 50.9 Å². The summed E-state index contributed by atoms with van der Waals surface area (Å²) in [5.41, 5.74) is -0.119. The molecule has 0 saturated carbocycles. The van der Waals surface area contributed by atoms with Gasteiger partial charge in [-0.25, -0.2) is 4.98 Å². The lowest BCUT2D eigenvalue weighted by molar-refractivity contribution is -0.138. The molecule has 1 rings (SSSR count). The Bertz CT molecular complexity index is 355. The van der Waals surface area contributed by atoms with Gasteiger partial charge in [-0.05, 0) is 18.0 Å². The number of aliphatic carboxylic acids is 1.